The van der Waals surface area contributed by atoms with Crippen molar-refractivity contribution in [1.29, 1.82) is 0 Å². The summed E-state index contributed by atoms with van der Waals surface area (Å²) in [5.41, 5.74) is 1.53. The quantitative estimate of drug-likeness (QED) is 0.427. The number of nitrogens with one attached hydrogen (secondary N) is 2. The Morgan fingerprint density at radius 1 is 1.10 bits per heavy atom. The van der Waals surface area contributed by atoms with Crippen molar-refractivity contribution in [3.8, 4) is 17.3 Å². The standard InChI is InChI=1S/C17H10Cl2F3N5O2/c18-10-4-11(6-12(5-10)29-17(20,21)22)23-7-9-3-14-8(1-13(9)19)2-15(28-14)16-24-26-27-25-16/h1-6,23H,7H2,(H,24,25,26,27). The van der Waals surface area contributed by atoms with Gasteiger partial charge in [-0.15, -0.1) is 23.4 Å². The number of H-pyrrole nitrogens is 1. The Kier molecular flexibility index (Phi) is 4.97. The number of ether oxygens (including phenoxy) is 1. The molecule has 2 N–H and O–H groups in total. The fourth-order valence-electron chi connectivity index (χ4n) is 2.67. The van der Waals surface area contributed by atoms with E-state index in [4.69, 9.17) is 27.6 Å². The van der Waals surface area contributed by atoms with Gasteiger partial charge in [-0.05, 0) is 41.1 Å². The topological polar surface area (TPSA) is 88.9 Å². The molecule has 150 valence electrons. The highest BCUT2D eigenvalue weighted by Crippen LogP contribution is 2.32. The predicted molar refractivity (Wildman–Crippen MR) is 99.9 cm³/mol. The average molecular weight is 444 g/mol. The molecule has 0 saturated carbocycles. The van der Waals surface area contributed by atoms with E-state index >= 15 is 0 Å². The molecule has 4 aromatic rings. The zero-order valence-electron chi connectivity index (χ0n) is 14.2. The minimum atomic E-state index is -4.81. The summed E-state index contributed by atoms with van der Waals surface area (Å²) in [4.78, 5) is 0. The van der Waals surface area contributed by atoms with Crippen LogP contribution in [0.4, 0.5) is 18.9 Å². The van der Waals surface area contributed by atoms with Gasteiger partial charge in [0.05, 0.1) is 0 Å². The smallest absolute Gasteiger partial charge is 0.453 e. The van der Waals surface area contributed by atoms with Gasteiger partial charge >= 0.3 is 6.36 Å². The van der Waals surface area contributed by atoms with E-state index in [1.54, 1.807) is 18.2 Å². The van der Waals surface area contributed by atoms with E-state index in [0.717, 1.165) is 11.5 Å². The van der Waals surface area contributed by atoms with E-state index in [-0.39, 0.29) is 11.6 Å². The number of benzene rings is 2. The molecule has 0 fully saturated rings. The molecular weight excluding hydrogens is 434 g/mol. The highest BCUT2D eigenvalue weighted by Gasteiger charge is 2.31. The number of aromatic nitrogens is 4. The van der Waals surface area contributed by atoms with Gasteiger partial charge in [0, 0.05) is 33.7 Å². The van der Waals surface area contributed by atoms with Gasteiger partial charge in [-0.25, -0.2) is 0 Å². The maximum absolute atomic E-state index is 12.4. The van der Waals surface area contributed by atoms with Gasteiger partial charge in [0.1, 0.15) is 11.3 Å². The SMILES string of the molecule is FC(F)(F)Oc1cc(Cl)cc(NCc2cc3oc(-c4nn[nH]n4)cc3cc2Cl)c1. The second-order valence-electron chi connectivity index (χ2n) is 5.90. The number of nitrogens with zero attached hydrogens (tertiary/aromatic N) is 3. The average Bonchev–Trinajstić information content (AvgIpc) is 3.26. The molecule has 4 rings (SSSR count). The molecule has 0 amide bonds. The molecule has 0 spiro atoms. The second kappa shape index (κ2) is 7.45. The van der Waals surface area contributed by atoms with Crippen molar-refractivity contribution in [2.24, 2.45) is 0 Å². The van der Waals surface area contributed by atoms with Gasteiger partial charge in [-0.3, -0.25) is 0 Å². The molecule has 0 aliphatic heterocycles. The van der Waals surface area contributed by atoms with Crippen molar-refractivity contribution < 1.29 is 22.3 Å². The number of hydrogen-bond acceptors (Lipinski definition) is 6. The first-order valence-electron chi connectivity index (χ1n) is 8.03. The maximum Gasteiger partial charge on any atom is 0.573 e. The predicted octanol–water partition coefficient (Wildman–Crippen LogP) is 5.43. The number of furan rings is 1. The molecular formula is C17H10Cl2F3N5O2. The third kappa shape index (κ3) is 4.54. The van der Waals surface area contributed by atoms with Crippen molar-refractivity contribution >= 4 is 39.9 Å². The Labute approximate surface area is 170 Å². The van der Waals surface area contributed by atoms with E-state index in [9.17, 15) is 13.2 Å². The summed E-state index contributed by atoms with van der Waals surface area (Å²) in [5, 5.41) is 17.8. The van der Waals surface area contributed by atoms with E-state index in [0.29, 0.717) is 33.4 Å². The van der Waals surface area contributed by atoms with Crippen LogP contribution in [0.25, 0.3) is 22.6 Å². The lowest BCUT2D eigenvalue weighted by Gasteiger charge is -2.13. The minimum Gasteiger partial charge on any atom is -0.453 e. The number of fused-ring (bicyclic) bond motifs is 1. The van der Waals surface area contributed by atoms with Gasteiger partial charge in [-0.2, -0.15) is 5.21 Å². The van der Waals surface area contributed by atoms with Gasteiger partial charge in [0.25, 0.3) is 0 Å². The van der Waals surface area contributed by atoms with Crippen LogP contribution in [0.3, 0.4) is 0 Å². The molecule has 2 aromatic carbocycles. The first-order valence-corrected chi connectivity index (χ1v) is 8.78. The zero-order valence-corrected chi connectivity index (χ0v) is 15.7. The second-order valence-corrected chi connectivity index (χ2v) is 6.75. The first kappa shape index (κ1) is 19.3. The fourth-order valence-corrected chi connectivity index (χ4v) is 3.13. The lowest BCUT2D eigenvalue weighted by Crippen LogP contribution is -2.17. The molecule has 2 aromatic heterocycles. The summed E-state index contributed by atoms with van der Waals surface area (Å²) >= 11 is 12.2. The van der Waals surface area contributed by atoms with Crippen LogP contribution in [0.2, 0.25) is 10.0 Å². The summed E-state index contributed by atoms with van der Waals surface area (Å²) < 4.78 is 46.9. The molecule has 29 heavy (non-hydrogen) atoms. The molecule has 0 saturated heterocycles. The summed E-state index contributed by atoms with van der Waals surface area (Å²) in [7, 11) is 0. The van der Waals surface area contributed by atoms with Gasteiger partial charge in [0.15, 0.2) is 5.76 Å². The van der Waals surface area contributed by atoms with Gasteiger partial charge < -0.3 is 14.5 Å². The first-order chi connectivity index (χ1) is 13.8. The van der Waals surface area contributed by atoms with Crippen molar-refractivity contribution in [2.45, 2.75) is 12.9 Å². The Bertz CT molecular complexity index is 1160. The van der Waals surface area contributed by atoms with Crippen LogP contribution in [-0.2, 0) is 6.54 Å². The normalized spacial score (nSPS) is 11.8. The van der Waals surface area contributed by atoms with Gasteiger partial charge in [-0.1, -0.05) is 23.2 Å². The Hall–Kier alpha value is -2.98. The molecule has 2 heterocycles. The summed E-state index contributed by atoms with van der Waals surface area (Å²) in [6.07, 6.45) is -4.81. The van der Waals surface area contributed by atoms with Crippen LogP contribution >= 0.6 is 23.2 Å². The van der Waals surface area contributed by atoms with Crippen molar-refractivity contribution in [3.05, 3.63) is 52.0 Å². The Morgan fingerprint density at radius 2 is 1.93 bits per heavy atom. The number of halogens is 5. The van der Waals surface area contributed by atoms with E-state index in [1.165, 1.54) is 12.1 Å². The Balaban J connectivity index is 1.56. The van der Waals surface area contributed by atoms with Crippen LogP contribution in [-0.4, -0.2) is 27.0 Å². The number of tetrazole rings is 1. The van der Waals surface area contributed by atoms with E-state index in [2.05, 4.69) is 30.7 Å². The molecule has 0 unspecified atom stereocenters. The zero-order chi connectivity index (χ0) is 20.6. The molecule has 12 heteroatoms. The number of alkyl halides is 3. The van der Waals surface area contributed by atoms with Crippen LogP contribution in [0.15, 0.2) is 40.8 Å². The fraction of sp³-hybridized carbons (Fsp3) is 0.118. The molecule has 0 bridgehead atoms. The molecule has 7 nitrogen and oxygen atoms in total. The molecule has 0 radical (unpaired) electrons. The Morgan fingerprint density at radius 3 is 2.66 bits per heavy atom. The highest BCUT2D eigenvalue weighted by atomic mass is 35.5. The molecule has 0 aliphatic carbocycles. The largest absolute Gasteiger partial charge is 0.573 e. The van der Waals surface area contributed by atoms with Crippen LogP contribution in [0.5, 0.6) is 5.75 Å². The third-order valence-corrected chi connectivity index (χ3v) is 4.41. The maximum atomic E-state index is 12.4. The lowest BCUT2D eigenvalue weighted by atomic mass is 10.1. The van der Waals surface area contributed by atoms with Crippen molar-refractivity contribution in [3.63, 3.8) is 0 Å². The van der Waals surface area contributed by atoms with Crippen molar-refractivity contribution in [2.75, 3.05) is 5.32 Å². The number of aromatic amines is 1. The number of anilines is 1. The highest BCUT2D eigenvalue weighted by molar-refractivity contribution is 6.32. The molecule has 0 aliphatic rings. The number of hydrogen-bond donors (Lipinski definition) is 2. The summed E-state index contributed by atoms with van der Waals surface area (Å²) in [6, 6.07) is 8.87. The summed E-state index contributed by atoms with van der Waals surface area (Å²) in [6.45, 7) is 0.207. The van der Waals surface area contributed by atoms with E-state index in [1.807, 2.05) is 0 Å². The monoisotopic (exact) mass is 443 g/mol. The van der Waals surface area contributed by atoms with E-state index < -0.39 is 12.1 Å². The van der Waals surface area contributed by atoms with Crippen LogP contribution < -0.4 is 10.1 Å². The third-order valence-electron chi connectivity index (χ3n) is 3.84. The van der Waals surface area contributed by atoms with Crippen LogP contribution in [0, 0.1) is 0 Å². The number of rotatable bonds is 5. The van der Waals surface area contributed by atoms with Crippen molar-refractivity contribution in [1.82, 2.24) is 20.6 Å². The summed E-state index contributed by atoms with van der Waals surface area (Å²) in [5.74, 6) is 0.289. The molecule has 0 atom stereocenters. The minimum absolute atomic E-state index is 0.0894. The lowest BCUT2D eigenvalue weighted by molar-refractivity contribution is -0.274. The van der Waals surface area contributed by atoms with Crippen LogP contribution in [0.1, 0.15) is 5.56 Å². The van der Waals surface area contributed by atoms with Gasteiger partial charge in [0.2, 0.25) is 5.82 Å².